The van der Waals surface area contributed by atoms with E-state index in [1.807, 2.05) is 48.5 Å². The van der Waals surface area contributed by atoms with Gasteiger partial charge in [-0.2, -0.15) is 0 Å². The van der Waals surface area contributed by atoms with Crippen LogP contribution in [-0.2, 0) is 0 Å². The fraction of sp³-hybridized carbons (Fsp3) is 0. The van der Waals surface area contributed by atoms with Crippen LogP contribution in [0.2, 0.25) is 0 Å². The predicted octanol–water partition coefficient (Wildman–Crippen LogP) is 3.17. The third-order valence-electron chi connectivity index (χ3n) is 2.87. The number of nitrogen functional groups attached to an aromatic ring is 2. The van der Waals surface area contributed by atoms with Gasteiger partial charge in [-0.05, 0) is 36.4 Å². The van der Waals surface area contributed by atoms with Gasteiger partial charge in [-0.1, -0.05) is 12.1 Å². The highest BCUT2D eigenvalue weighted by molar-refractivity contribution is 5.65. The third-order valence-corrected chi connectivity index (χ3v) is 2.87. The molecule has 0 fully saturated rings. The summed E-state index contributed by atoms with van der Waals surface area (Å²) in [6.07, 6.45) is 1.64. The van der Waals surface area contributed by atoms with E-state index >= 15 is 0 Å². The molecule has 2 aromatic carbocycles. The Labute approximate surface area is 110 Å². The van der Waals surface area contributed by atoms with E-state index in [9.17, 15) is 0 Å². The lowest BCUT2D eigenvalue weighted by atomic mass is 10.1. The number of hydrogen-bond donors (Lipinski definition) is 2. The summed E-state index contributed by atoms with van der Waals surface area (Å²) in [5, 5.41) is 0. The molecule has 0 radical (unpaired) electrons. The lowest BCUT2D eigenvalue weighted by Gasteiger charge is -1.97. The number of nitrogens with zero attached hydrogens (tertiary/aromatic N) is 1. The minimum Gasteiger partial charge on any atom is -0.444 e. The normalized spacial score (nSPS) is 10.5. The highest BCUT2D eigenvalue weighted by Gasteiger charge is 2.08. The summed E-state index contributed by atoms with van der Waals surface area (Å²) in [4.78, 5) is 4.46. The Bertz CT molecular complexity index is 624. The second-order valence-electron chi connectivity index (χ2n) is 4.28. The van der Waals surface area contributed by atoms with Crippen molar-refractivity contribution in [3.63, 3.8) is 0 Å². The molecular weight excluding hydrogens is 238 g/mol. The van der Waals surface area contributed by atoms with Crippen molar-refractivity contribution in [3.05, 3.63) is 54.8 Å². The lowest BCUT2D eigenvalue weighted by Crippen LogP contribution is -1.85. The van der Waals surface area contributed by atoms with Crippen molar-refractivity contribution >= 4 is 11.4 Å². The number of oxazole rings is 1. The zero-order valence-electron chi connectivity index (χ0n) is 10.2. The van der Waals surface area contributed by atoms with Crippen LogP contribution in [-0.4, -0.2) is 4.98 Å². The fourth-order valence-corrected chi connectivity index (χ4v) is 1.82. The molecule has 0 unspecified atom stereocenters. The Hall–Kier alpha value is -2.75. The van der Waals surface area contributed by atoms with Crippen molar-refractivity contribution in [1.29, 1.82) is 0 Å². The molecule has 0 bridgehead atoms. The van der Waals surface area contributed by atoms with Gasteiger partial charge in [0.1, 0.15) is 12.0 Å². The molecule has 4 heteroatoms. The molecule has 3 rings (SSSR count). The molecule has 19 heavy (non-hydrogen) atoms. The zero-order chi connectivity index (χ0) is 13.2. The maximum atomic E-state index is 5.66. The minimum absolute atomic E-state index is 0.576. The first kappa shape index (κ1) is 11.3. The molecule has 0 aliphatic heterocycles. The van der Waals surface area contributed by atoms with Gasteiger partial charge in [0.25, 0.3) is 0 Å². The largest absolute Gasteiger partial charge is 0.444 e. The molecule has 3 aromatic rings. The highest BCUT2D eigenvalue weighted by atomic mass is 16.3. The fourth-order valence-electron chi connectivity index (χ4n) is 1.82. The van der Waals surface area contributed by atoms with E-state index in [1.54, 1.807) is 6.26 Å². The molecule has 0 saturated heterocycles. The number of anilines is 2. The van der Waals surface area contributed by atoms with Gasteiger partial charge in [-0.25, -0.2) is 4.98 Å². The molecular formula is C15H13N3O. The van der Waals surface area contributed by atoms with Crippen molar-refractivity contribution in [2.75, 3.05) is 11.5 Å². The van der Waals surface area contributed by atoms with Crippen molar-refractivity contribution in [3.8, 4) is 22.7 Å². The molecule has 94 valence electrons. The van der Waals surface area contributed by atoms with E-state index in [0.29, 0.717) is 11.6 Å². The Morgan fingerprint density at radius 1 is 0.737 bits per heavy atom. The second kappa shape index (κ2) is 4.49. The van der Waals surface area contributed by atoms with Gasteiger partial charge in [-0.3, -0.25) is 0 Å². The van der Waals surface area contributed by atoms with E-state index in [0.717, 1.165) is 22.5 Å². The Kier molecular flexibility index (Phi) is 2.68. The molecule has 1 heterocycles. The Morgan fingerprint density at radius 3 is 1.84 bits per heavy atom. The summed E-state index contributed by atoms with van der Waals surface area (Å²) >= 11 is 0. The highest BCUT2D eigenvalue weighted by Crippen LogP contribution is 2.25. The van der Waals surface area contributed by atoms with Crippen LogP contribution in [0, 0.1) is 0 Å². The minimum atomic E-state index is 0.576. The zero-order valence-corrected chi connectivity index (χ0v) is 10.2. The Morgan fingerprint density at radius 2 is 1.26 bits per heavy atom. The first-order chi connectivity index (χ1) is 9.22. The Balaban J connectivity index is 1.95. The summed E-state index contributed by atoms with van der Waals surface area (Å²) in [6, 6.07) is 14.9. The van der Waals surface area contributed by atoms with Gasteiger partial charge in [-0.15, -0.1) is 0 Å². The van der Waals surface area contributed by atoms with Crippen LogP contribution in [0.3, 0.4) is 0 Å². The number of benzene rings is 2. The van der Waals surface area contributed by atoms with Gasteiger partial charge in [0.05, 0.1) is 0 Å². The van der Waals surface area contributed by atoms with Gasteiger partial charge in [0.15, 0.2) is 0 Å². The van der Waals surface area contributed by atoms with Crippen LogP contribution in [0.5, 0.6) is 0 Å². The molecule has 4 nitrogen and oxygen atoms in total. The lowest BCUT2D eigenvalue weighted by molar-refractivity contribution is 0.575. The molecule has 0 atom stereocenters. The molecule has 4 N–H and O–H groups in total. The van der Waals surface area contributed by atoms with E-state index in [1.165, 1.54) is 0 Å². The van der Waals surface area contributed by atoms with Gasteiger partial charge >= 0.3 is 0 Å². The maximum absolute atomic E-state index is 5.66. The number of hydrogen-bond acceptors (Lipinski definition) is 4. The monoisotopic (exact) mass is 251 g/mol. The maximum Gasteiger partial charge on any atom is 0.226 e. The number of nitrogens with two attached hydrogens (primary N) is 2. The average molecular weight is 251 g/mol. The summed E-state index contributed by atoms with van der Waals surface area (Å²) in [7, 11) is 0. The van der Waals surface area contributed by atoms with Gasteiger partial charge in [0.2, 0.25) is 5.89 Å². The summed E-state index contributed by atoms with van der Waals surface area (Å²) < 4.78 is 5.49. The summed E-state index contributed by atoms with van der Waals surface area (Å²) in [5.41, 5.74) is 15.4. The number of rotatable bonds is 2. The van der Waals surface area contributed by atoms with Crippen LogP contribution < -0.4 is 11.5 Å². The smallest absolute Gasteiger partial charge is 0.226 e. The molecule has 0 amide bonds. The van der Waals surface area contributed by atoms with Crippen molar-refractivity contribution < 1.29 is 4.42 Å². The SMILES string of the molecule is Nc1ccc(-c2coc(-c3ccc(N)cc3)n2)cc1. The van der Waals surface area contributed by atoms with E-state index in [2.05, 4.69) is 4.98 Å². The van der Waals surface area contributed by atoms with Crippen molar-refractivity contribution in [1.82, 2.24) is 4.98 Å². The van der Waals surface area contributed by atoms with Gasteiger partial charge < -0.3 is 15.9 Å². The van der Waals surface area contributed by atoms with E-state index in [-0.39, 0.29) is 0 Å². The molecule has 0 saturated carbocycles. The predicted molar refractivity (Wildman–Crippen MR) is 76.2 cm³/mol. The van der Waals surface area contributed by atoms with Crippen molar-refractivity contribution in [2.45, 2.75) is 0 Å². The van der Waals surface area contributed by atoms with E-state index in [4.69, 9.17) is 15.9 Å². The number of aromatic nitrogens is 1. The second-order valence-corrected chi connectivity index (χ2v) is 4.28. The average Bonchev–Trinajstić information content (AvgIpc) is 2.90. The topological polar surface area (TPSA) is 78.1 Å². The molecule has 1 aromatic heterocycles. The molecule has 0 aliphatic carbocycles. The first-order valence-corrected chi connectivity index (χ1v) is 5.90. The standard InChI is InChI=1S/C15H13N3O/c16-12-5-1-10(2-6-12)14-9-19-15(18-14)11-3-7-13(17)8-4-11/h1-9H,16-17H2. The van der Waals surface area contributed by atoms with E-state index < -0.39 is 0 Å². The molecule has 0 aliphatic rings. The van der Waals surface area contributed by atoms with Crippen LogP contribution >= 0.6 is 0 Å². The van der Waals surface area contributed by atoms with Crippen LogP contribution in [0.1, 0.15) is 0 Å². The van der Waals surface area contributed by atoms with Crippen LogP contribution in [0.4, 0.5) is 11.4 Å². The van der Waals surface area contributed by atoms with Gasteiger partial charge in [0, 0.05) is 22.5 Å². The summed E-state index contributed by atoms with van der Waals surface area (Å²) in [6.45, 7) is 0. The third kappa shape index (κ3) is 2.28. The molecule has 0 spiro atoms. The summed E-state index contributed by atoms with van der Waals surface area (Å²) in [5.74, 6) is 0.576. The first-order valence-electron chi connectivity index (χ1n) is 5.90. The van der Waals surface area contributed by atoms with Crippen molar-refractivity contribution in [2.24, 2.45) is 0 Å². The quantitative estimate of drug-likeness (QED) is 0.686. The van der Waals surface area contributed by atoms with Crippen LogP contribution in [0.25, 0.3) is 22.7 Å². The van der Waals surface area contributed by atoms with Crippen LogP contribution in [0.15, 0.2) is 59.2 Å².